The zero-order valence-electron chi connectivity index (χ0n) is 11.5. The van der Waals surface area contributed by atoms with Gasteiger partial charge in [-0.25, -0.2) is 4.39 Å². The Kier molecular flexibility index (Phi) is 4.20. The van der Waals surface area contributed by atoms with E-state index in [4.69, 9.17) is 0 Å². The fraction of sp³-hybridized carbons (Fsp3) is 0.533. The molecule has 2 atom stereocenters. The molecular formula is C15H21FN2O. The molecule has 1 aromatic carbocycles. The lowest BCUT2D eigenvalue weighted by Gasteiger charge is -2.33. The van der Waals surface area contributed by atoms with E-state index < -0.39 is 0 Å². The van der Waals surface area contributed by atoms with Crippen molar-refractivity contribution in [3.63, 3.8) is 0 Å². The van der Waals surface area contributed by atoms with E-state index in [9.17, 15) is 9.18 Å². The molecule has 0 aromatic heterocycles. The van der Waals surface area contributed by atoms with Crippen molar-refractivity contribution in [2.45, 2.75) is 32.7 Å². The van der Waals surface area contributed by atoms with E-state index in [1.807, 2.05) is 13.8 Å². The van der Waals surface area contributed by atoms with Gasteiger partial charge in [0.25, 0.3) is 0 Å². The highest BCUT2D eigenvalue weighted by Gasteiger charge is 2.35. The van der Waals surface area contributed by atoms with Crippen molar-refractivity contribution in [3.05, 3.63) is 35.6 Å². The molecule has 0 aliphatic carbocycles. The van der Waals surface area contributed by atoms with Crippen LogP contribution in [0, 0.1) is 11.2 Å². The molecule has 104 valence electrons. The van der Waals surface area contributed by atoms with Crippen molar-refractivity contribution >= 4 is 5.91 Å². The van der Waals surface area contributed by atoms with Gasteiger partial charge in [-0.2, -0.15) is 0 Å². The molecular weight excluding hydrogens is 243 g/mol. The van der Waals surface area contributed by atoms with Gasteiger partial charge in [-0.15, -0.1) is 0 Å². The van der Waals surface area contributed by atoms with E-state index in [1.54, 1.807) is 12.1 Å². The molecule has 1 aliphatic heterocycles. The molecule has 0 bridgehead atoms. The highest BCUT2D eigenvalue weighted by atomic mass is 19.1. The SMILES string of the molecule is CC(NC(=O)C1(C)CCCNC1)c1ccc(F)cc1. The first-order valence-electron chi connectivity index (χ1n) is 6.78. The van der Waals surface area contributed by atoms with E-state index in [0.29, 0.717) is 0 Å². The monoisotopic (exact) mass is 264 g/mol. The van der Waals surface area contributed by atoms with Gasteiger partial charge in [-0.1, -0.05) is 12.1 Å². The number of hydrogen-bond acceptors (Lipinski definition) is 2. The minimum atomic E-state index is -0.341. The topological polar surface area (TPSA) is 41.1 Å². The molecule has 2 rings (SSSR count). The third-order valence-corrected chi connectivity index (χ3v) is 3.86. The Morgan fingerprint density at radius 1 is 1.42 bits per heavy atom. The highest BCUT2D eigenvalue weighted by Crippen LogP contribution is 2.26. The molecule has 19 heavy (non-hydrogen) atoms. The second-order valence-electron chi connectivity index (χ2n) is 5.59. The first-order chi connectivity index (χ1) is 9.01. The Labute approximate surface area is 113 Å². The minimum absolute atomic E-state index is 0.0662. The van der Waals surface area contributed by atoms with Crippen LogP contribution < -0.4 is 10.6 Å². The Hall–Kier alpha value is -1.42. The summed E-state index contributed by atoms with van der Waals surface area (Å²) < 4.78 is 12.9. The van der Waals surface area contributed by atoms with Crippen LogP contribution in [0.15, 0.2) is 24.3 Å². The quantitative estimate of drug-likeness (QED) is 0.880. The lowest BCUT2D eigenvalue weighted by atomic mass is 9.81. The number of hydrogen-bond donors (Lipinski definition) is 2. The highest BCUT2D eigenvalue weighted by molar-refractivity contribution is 5.83. The van der Waals surface area contributed by atoms with Crippen molar-refractivity contribution in [3.8, 4) is 0 Å². The van der Waals surface area contributed by atoms with Gasteiger partial charge in [0, 0.05) is 6.54 Å². The van der Waals surface area contributed by atoms with Crippen LogP contribution in [-0.4, -0.2) is 19.0 Å². The van der Waals surface area contributed by atoms with Crippen LogP contribution in [0.4, 0.5) is 4.39 Å². The largest absolute Gasteiger partial charge is 0.349 e. The minimum Gasteiger partial charge on any atom is -0.349 e. The number of rotatable bonds is 3. The molecule has 0 radical (unpaired) electrons. The summed E-state index contributed by atoms with van der Waals surface area (Å²) in [6.07, 6.45) is 1.93. The first kappa shape index (κ1) is 14.0. The molecule has 0 saturated carbocycles. The van der Waals surface area contributed by atoms with Crippen molar-refractivity contribution in [1.29, 1.82) is 0 Å². The Bertz CT molecular complexity index is 438. The third kappa shape index (κ3) is 3.32. The van der Waals surface area contributed by atoms with Crippen molar-refractivity contribution in [1.82, 2.24) is 10.6 Å². The van der Waals surface area contributed by atoms with Crippen molar-refractivity contribution in [2.24, 2.45) is 5.41 Å². The van der Waals surface area contributed by atoms with Gasteiger partial charge in [0.1, 0.15) is 5.82 Å². The Balaban J connectivity index is 2.00. The van der Waals surface area contributed by atoms with Gasteiger partial charge in [0.15, 0.2) is 0 Å². The summed E-state index contributed by atoms with van der Waals surface area (Å²) in [4.78, 5) is 12.3. The zero-order valence-corrected chi connectivity index (χ0v) is 11.5. The number of piperidine rings is 1. The van der Waals surface area contributed by atoms with Crippen molar-refractivity contribution < 1.29 is 9.18 Å². The van der Waals surface area contributed by atoms with Gasteiger partial charge >= 0.3 is 0 Å². The molecule has 1 amide bonds. The van der Waals surface area contributed by atoms with E-state index in [-0.39, 0.29) is 23.2 Å². The third-order valence-electron chi connectivity index (χ3n) is 3.86. The fourth-order valence-electron chi connectivity index (χ4n) is 2.46. The van der Waals surface area contributed by atoms with Crippen LogP contribution in [0.25, 0.3) is 0 Å². The number of nitrogens with one attached hydrogen (secondary N) is 2. The molecule has 4 heteroatoms. The normalized spacial score (nSPS) is 24.8. The van der Waals surface area contributed by atoms with Gasteiger partial charge < -0.3 is 10.6 Å². The summed E-state index contributed by atoms with van der Waals surface area (Å²) in [6.45, 7) is 5.61. The van der Waals surface area contributed by atoms with Crippen LogP contribution in [0.2, 0.25) is 0 Å². The smallest absolute Gasteiger partial charge is 0.227 e. The number of halogens is 1. The maximum Gasteiger partial charge on any atom is 0.227 e. The van der Waals surface area contributed by atoms with Gasteiger partial charge in [-0.3, -0.25) is 4.79 Å². The van der Waals surface area contributed by atoms with Gasteiger partial charge in [0.05, 0.1) is 11.5 Å². The molecule has 3 nitrogen and oxygen atoms in total. The molecule has 1 fully saturated rings. The molecule has 1 aliphatic rings. The summed E-state index contributed by atoms with van der Waals surface area (Å²) in [5.41, 5.74) is 0.578. The van der Waals surface area contributed by atoms with E-state index in [2.05, 4.69) is 10.6 Å². The maximum absolute atomic E-state index is 12.9. The van der Waals surface area contributed by atoms with Crippen LogP contribution in [0.3, 0.4) is 0 Å². The summed E-state index contributed by atoms with van der Waals surface area (Å²) in [6, 6.07) is 6.15. The number of carbonyl (C=O) groups excluding carboxylic acids is 1. The van der Waals surface area contributed by atoms with Crippen LogP contribution in [0.1, 0.15) is 38.3 Å². The standard InChI is InChI=1S/C15H21FN2O/c1-11(12-4-6-13(16)7-5-12)18-14(19)15(2)8-3-9-17-10-15/h4-7,11,17H,3,8-10H2,1-2H3,(H,18,19). The fourth-order valence-corrected chi connectivity index (χ4v) is 2.46. The summed E-state index contributed by atoms with van der Waals surface area (Å²) in [5.74, 6) is -0.192. The molecule has 1 saturated heterocycles. The predicted molar refractivity (Wildman–Crippen MR) is 73.2 cm³/mol. The average Bonchev–Trinajstić information content (AvgIpc) is 2.40. The lowest BCUT2D eigenvalue weighted by Crippen LogP contribution is -2.49. The second-order valence-corrected chi connectivity index (χ2v) is 5.59. The van der Waals surface area contributed by atoms with Crippen molar-refractivity contribution in [2.75, 3.05) is 13.1 Å². The maximum atomic E-state index is 12.9. The van der Waals surface area contributed by atoms with Gasteiger partial charge in [0.2, 0.25) is 5.91 Å². The van der Waals surface area contributed by atoms with Gasteiger partial charge in [-0.05, 0) is 50.9 Å². The van der Waals surface area contributed by atoms with E-state index in [0.717, 1.165) is 31.5 Å². The van der Waals surface area contributed by atoms with Crippen LogP contribution >= 0.6 is 0 Å². The first-order valence-corrected chi connectivity index (χ1v) is 6.78. The molecule has 1 aromatic rings. The number of amides is 1. The molecule has 2 N–H and O–H groups in total. The summed E-state index contributed by atoms with van der Waals surface area (Å²) in [7, 11) is 0. The number of benzene rings is 1. The molecule has 1 heterocycles. The zero-order chi connectivity index (χ0) is 13.9. The summed E-state index contributed by atoms with van der Waals surface area (Å²) >= 11 is 0. The second kappa shape index (κ2) is 5.70. The lowest BCUT2D eigenvalue weighted by molar-refractivity contribution is -0.131. The molecule has 0 spiro atoms. The van der Waals surface area contributed by atoms with E-state index >= 15 is 0 Å². The average molecular weight is 264 g/mol. The van der Waals surface area contributed by atoms with Crippen LogP contribution in [-0.2, 0) is 4.79 Å². The number of carbonyl (C=O) groups is 1. The predicted octanol–water partition coefficient (Wildman–Crippen LogP) is 2.39. The molecule has 2 unspecified atom stereocenters. The van der Waals surface area contributed by atoms with Crippen LogP contribution in [0.5, 0.6) is 0 Å². The summed E-state index contributed by atoms with van der Waals surface area (Å²) in [5, 5.41) is 6.29. The van der Waals surface area contributed by atoms with E-state index in [1.165, 1.54) is 12.1 Å². The Morgan fingerprint density at radius 3 is 2.68 bits per heavy atom. The Morgan fingerprint density at radius 2 is 2.11 bits per heavy atom.